The van der Waals surface area contributed by atoms with Crippen LogP contribution in [0.1, 0.15) is 12.5 Å². The minimum atomic E-state index is 0.358. The molecule has 0 fully saturated rings. The van der Waals surface area contributed by atoms with Crippen LogP contribution in [0.5, 0.6) is 0 Å². The number of nitrogens with two attached hydrogens (primary N) is 1. The Morgan fingerprint density at radius 3 is 3.00 bits per heavy atom. The summed E-state index contributed by atoms with van der Waals surface area (Å²) in [4.78, 5) is 4.36. The van der Waals surface area contributed by atoms with E-state index >= 15 is 0 Å². The van der Waals surface area contributed by atoms with Crippen LogP contribution in [0, 0.1) is 0 Å². The molecule has 102 valence electrons. The predicted octanol–water partition coefficient (Wildman–Crippen LogP) is 3.92. The van der Waals surface area contributed by atoms with E-state index in [0.29, 0.717) is 6.04 Å². The number of nitrogens with zero attached hydrogens (tertiary/aromatic N) is 1. The molecular formula is C16H17N3S. The van der Waals surface area contributed by atoms with Crippen molar-refractivity contribution in [2.45, 2.75) is 19.4 Å². The SMILES string of the molecule is CC(Cc1ccsc1)Nc1ccc(N)c2ncccc12. The fourth-order valence-corrected chi connectivity index (χ4v) is 3.08. The lowest BCUT2D eigenvalue weighted by atomic mass is 10.1. The van der Waals surface area contributed by atoms with Crippen LogP contribution >= 0.6 is 11.3 Å². The highest BCUT2D eigenvalue weighted by Gasteiger charge is 2.08. The number of thiophene rings is 1. The summed E-state index contributed by atoms with van der Waals surface area (Å²) in [7, 11) is 0. The maximum Gasteiger partial charge on any atom is 0.0951 e. The van der Waals surface area contributed by atoms with E-state index in [4.69, 9.17) is 5.73 Å². The van der Waals surface area contributed by atoms with Crippen LogP contribution in [0.2, 0.25) is 0 Å². The number of aromatic nitrogens is 1. The molecule has 3 nitrogen and oxygen atoms in total. The van der Waals surface area contributed by atoms with Crippen molar-refractivity contribution >= 4 is 33.6 Å². The van der Waals surface area contributed by atoms with Gasteiger partial charge in [0.25, 0.3) is 0 Å². The lowest BCUT2D eigenvalue weighted by Gasteiger charge is -2.17. The predicted molar refractivity (Wildman–Crippen MR) is 87.3 cm³/mol. The normalized spacial score (nSPS) is 12.4. The fourth-order valence-electron chi connectivity index (χ4n) is 2.40. The van der Waals surface area contributed by atoms with Gasteiger partial charge >= 0.3 is 0 Å². The zero-order chi connectivity index (χ0) is 13.9. The topological polar surface area (TPSA) is 50.9 Å². The molecule has 0 bridgehead atoms. The van der Waals surface area contributed by atoms with Crippen molar-refractivity contribution in [2.75, 3.05) is 11.1 Å². The van der Waals surface area contributed by atoms with Crippen molar-refractivity contribution < 1.29 is 0 Å². The summed E-state index contributed by atoms with van der Waals surface area (Å²) in [6.45, 7) is 2.19. The second-order valence-corrected chi connectivity index (χ2v) is 5.76. The average molecular weight is 283 g/mol. The molecule has 0 spiro atoms. The van der Waals surface area contributed by atoms with E-state index in [9.17, 15) is 0 Å². The first kappa shape index (κ1) is 12.9. The van der Waals surface area contributed by atoms with Gasteiger partial charge in [-0.25, -0.2) is 0 Å². The molecule has 3 aromatic rings. The van der Waals surface area contributed by atoms with E-state index in [2.05, 4.69) is 40.1 Å². The fraction of sp³-hybridized carbons (Fsp3) is 0.188. The molecule has 1 unspecified atom stereocenters. The van der Waals surface area contributed by atoms with Gasteiger partial charge in [0.2, 0.25) is 0 Å². The molecule has 0 amide bonds. The number of rotatable bonds is 4. The number of pyridine rings is 1. The van der Waals surface area contributed by atoms with Crippen molar-refractivity contribution in [2.24, 2.45) is 0 Å². The first-order valence-electron chi connectivity index (χ1n) is 6.65. The van der Waals surface area contributed by atoms with Gasteiger partial charge in [0.1, 0.15) is 0 Å². The third kappa shape index (κ3) is 2.60. The summed E-state index contributed by atoms with van der Waals surface area (Å²) in [6.07, 6.45) is 2.78. The summed E-state index contributed by atoms with van der Waals surface area (Å²) in [5.74, 6) is 0. The zero-order valence-electron chi connectivity index (χ0n) is 11.3. The van der Waals surface area contributed by atoms with E-state index in [-0.39, 0.29) is 0 Å². The van der Waals surface area contributed by atoms with E-state index < -0.39 is 0 Å². The van der Waals surface area contributed by atoms with E-state index in [1.54, 1.807) is 17.5 Å². The lowest BCUT2D eigenvalue weighted by molar-refractivity contribution is 0.794. The highest BCUT2D eigenvalue weighted by molar-refractivity contribution is 7.07. The van der Waals surface area contributed by atoms with Gasteiger partial charge < -0.3 is 11.1 Å². The highest BCUT2D eigenvalue weighted by atomic mass is 32.1. The Morgan fingerprint density at radius 2 is 2.20 bits per heavy atom. The van der Waals surface area contributed by atoms with Crippen LogP contribution < -0.4 is 11.1 Å². The van der Waals surface area contributed by atoms with Crippen LogP contribution in [-0.2, 0) is 6.42 Å². The molecular weight excluding hydrogens is 266 g/mol. The molecule has 2 heterocycles. The summed E-state index contributed by atoms with van der Waals surface area (Å²) in [6, 6.07) is 10.5. The van der Waals surface area contributed by atoms with Gasteiger partial charge in [-0.3, -0.25) is 4.98 Å². The lowest BCUT2D eigenvalue weighted by Crippen LogP contribution is -2.18. The summed E-state index contributed by atoms with van der Waals surface area (Å²) in [5, 5.41) is 8.94. The van der Waals surface area contributed by atoms with Crippen molar-refractivity contribution in [3.63, 3.8) is 0 Å². The Hall–Kier alpha value is -2.07. The van der Waals surface area contributed by atoms with Crippen molar-refractivity contribution in [1.29, 1.82) is 0 Å². The largest absolute Gasteiger partial charge is 0.397 e. The van der Waals surface area contributed by atoms with Gasteiger partial charge in [-0.2, -0.15) is 11.3 Å². The zero-order valence-corrected chi connectivity index (χ0v) is 12.2. The Bertz CT molecular complexity index is 707. The van der Waals surface area contributed by atoms with Crippen LogP contribution in [-0.4, -0.2) is 11.0 Å². The number of hydrogen-bond acceptors (Lipinski definition) is 4. The molecule has 1 aromatic carbocycles. The average Bonchev–Trinajstić information content (AvgIpc) is 2.95. The summed E-state index contributed by atoms with van der Waals surface area (Å²) in [5.41, 5.74) is 10.0. The minimum absolute atomic E-state index is 0.358. The Morgan fingerprint density at radius 1 is 1.30 bits per heavy atom. The molecule has 0 radical (unpaired) electrons. The van der Waals surface area contributed by atoms with Crippen LogP contribution in [0.15, 0.2) is 47.3 Å². The van der Waals surface area contributed by atoms with Gasteiger partial charge in [0.05, 0.1) is 11.2 Å². The monoisotopic (exact) mass is 283 g/mol. The third-order valence-corrected chi connectivity index (χ3v) is 4.06. The number of hydrogen-bond donors (Lipinski definition) is 2. The first-order chi connectivity index (χ1) is 9.74. The molecule has 1 atom stereocenters. The van der Waals surface area contributed by atoms with Crippen LogP contribution in [0.3, 0.4) is 0 Å². The minimum Gasteiger partial charge on any atom is -0.397 e. The molecule has 0 aliphatic rings. The quantitative estimate of drug-likeness (QED) is 0.713. The van der Waals surface area contributed by atoms with Gasteiger partial charge in [-0.1, -0.05) is 0 Å². The van der Waals surface area contributed by atoms with Gasteiger partial charge in [-0.05, 0) is 60.0 Å². The Kier molecular flexibility index (Phi) is 3.56. The molecule has 3 N–H and O–H groups in total. The molecule has 0 saturated heterocycles. The molecule has 0 aliphatic carbocycles. The summed E-state index contributed by atoms with van der Waals surface area (Å²) >= 11 is 1.74. The number of benzene rings is 1. The van der Waals surface area contributed by atoms with Crippen molar-refractivity contribution in [1.82, 2.24) is 4.98 Å². The third-order valence-electron chi connectivity index (χ3n) is 3.32. The van der Waals surface area contributed by atoms with Gasteiger partial charge in [-0.15, -0.1) is 0 Å². The van der Waals surface area contributed by atoms with Gasteiger partial charge in [0, 0.05) is 23.3 Å². The van der Waals surface area contributed by atoms with Gasteiger partial charge in [0.15, 0.2) is 0 Å². The number of nitrogen functional groups attached to an aromatic ring is 1. The number of anilines is 2. The summed E-state index contributed by atoms with van der Waals surface area (Å²) < 4.78 is 0. The molecule has 3 rings (SSSR count). The van der Waals surface area contributed by atoms with E-state index in [1.165, 1.54) is 5.56 Å². The first-order valence-corrected chi connectivity index (χ1v) is 7.59. The number of nitrogens with one attached hydrogen (secondary N) is 1. The molecule has 4 heteroatoms. The molecule has 20 heavy (non-hydrogen) atoms. The molecule has 2 aromatic heterocycles. The Balaban J connectivity index is 1.85. The Labute approximate surface area is 122 Å². The molecule has 0 saturated carbocycles. The highest BCUT2D eigenvalue weighted by Crippen LogP contribution is 2.27. The number of fused-ring (bicyclic) bond motifs is 1. The van der Waals surface area contributed by atoms with E-state index in [0.717, 1.165) is 28.7 Å². The smallest absolute Gasteiger partial charge is 0.0951 e. The second-order valence-electron chi connectivity index (χ2n) is 4.98. The second kappa shape index (κ2) is 5.51. The van der Waals surface area contributed by atoms with E-state index in [1.807, 2.05) is 18.2 Å². The standard InChI is InChI=1S/C16H17N3S/c1-11(9-12-6-8-20-10-12)19-15-5-4-14(17)16-13(15)3-2-7-18-16/h2-8,10-11,19H,9,17H2,1H3. The maximum absolute atomic E-state index is 5.98. The van der Waals surface area contributed by atoms with Crippen molar-refractivity contribution in [3.8, 4) is 0 Å². The van der Waals surface area contributed by atoms with Crippen LogP contribution in [0.4, 0.5) is 11.4 Å². The maximum atomic E-state index is 5.98. The van der Waals surface area contributed by atoms with Crippen molar-refractivity contribution in [3.05, 3.63) is 52.9 Å². The van der Waals surface area contributed by atoms with Crippen LogP contribution in [0.25, 0.3) is 10.9 Å². The molecule has 0 aliphatic heterocycles.